The van der Waals surface area contributed by atoms with Crippen molar-refractivity contribution in [3.05, 3.63) is 58.6 Å². The minimum Gasteiger partial charge on any atom is -0.466 e. The van der Waals surface area contributed by atoms with E-state index in [1.807, 2.05) is 43.3 Å². The third-order valence-corrected chi connectivity index (χ3v) is 6.57. The van der Waals surface area contributed by atoms with Crippen LogP contribution in [0.15, 0.2) is 53.0 Å². The number of likely N-dealkylation sites (tertiary alicyclic amines) is 1. The summed E-state index contributed by atoms with van der Waals surface area (Å²) in [6.45, 7) is 2.67. The molecule has 4 atom stereocenters. The Morgan fingerprint density at radius 2 is 2.07 bits per heavy atom. The summed E-state index contributed by atoms with van der Waals surface area (Å²) in [5.74, 6) is -0.609. The topological polar surface area (TPSA) is 76.1 Å². The molecule has 1 N–H and O–H groups in total. The van der Waals surface area contributed by atoms with Crippen molar-refractivity contribution < 1.29 is 24.2 Å². The second kappa shape index (κ2) is 9.13. The lowest BCUT2D eigenvalue weighted by Gasteiger charge is -2.45. The highest BCUT2D eigenvalue weighted by atomic mass is 79.9. The van der Waals surface area contributed by atoms with Crippen LogP contribution < -0.4 is 0 Å². The third kappa shape index (κ3) is 4.41. The van der Waals surface area contributed by atoms with Gasteiger partial charge in [-0.2, -0.15) is 0 Å². The van der Waals surface area contributed by atoms with Gasteiger partial charge < -0.3 is 19.5 Å². The number of benzene rings is 1. The maximum atomic E-state index is 12.9. The monoisotopic (exact) mass is 463 g/mol. The molecule has 0 bridgehead atoms. The summed E-state index contributed by atoms with van der Waals surface area (Å²) in [4.78, 5) is 26.4. The zero-order valence-electron chi connectivity index (χ0n) is 16.6. The normalized spacial score (nSPS) is 28.8. The highest BCUT2D eigenvalue weighted by Gasteiger charge is 2.53. The summed E-state index contributed by atoms with van der Waals surface area (Å²) < 4.78 is 11.0. The molecule has 0 aromatic heterocycles. The smallest absolute Gasteiger partial charge is 0.410 e. The second-order valence-corrected chi connectivity index (χ2v) is 8.34. The van der Waals surface area contributed by atoms with Crippen LogP contribution in [0.1, 0.15) is 25.3 Å². The first-order valence-corrected chi connectivity index (χ1v) is 10.5. The van der Waals surface area contributed by atoms with E-state index in [4.69, 9.17) is 9.47 Å². The zero-order valence-corrected chi connectivity index (χ0v) is 18.2. The van der Waals surface area contributed by atoms with Crippen LogP contribution in [-0.4, -0.2) is 47.9 Å². The quantitative estimate of drug-likeness (QED) is 0.530. The van der Waals surface area contributed by atoms with Gasteiger partial charge in [-0.25, -0.2) is 9.59 Å². The van der Waals surface area contributed by atoms with Gasteiger partial charge >= 0.3 is 12.1 Å². The summed E-state index contributed by atoms with van der Waals surface area (Å²) in [5, 5.41) is 10.7. The van der Waals surface area contributed by atoms with Crippen molar-refractivity contribution in [2.75, 3.05) is 13.7 Å². The summed E-state index contributed by atoms with van der Waals surface area (Å²) in [5.41, 5.74) is 0.300. The van der Waals surface area contributed by atoms with Crippen molar-refractivity contribution in [1.82, 2.24) is 4.90 Å². The first-order chi connectivity index (χ1) is 13.9. The highest BCUT2D eigenvalue weighted by Crippen LogP contribution is 2.50. The van der Waals surface area contributed by atoms with Crippen LogP contribution in [-0.2, 0) is 20.9 Å². The first kappa shape index (κ1) is 21.6. The number of methoxy groups -OCH3 is 1. The molecule has 1 aromatic carbocycles. The van der Waals surface area contributed by atoms with Gasteiger partial charge in [0.2, 0.25) is 0 Å². The molecule has 156 valence electrons. The van der Waals surface area contributed by atoms with E-state index < -0.39 is 23.6 Å². The standard InChI is InChI=1S/C22H26BrNO5/c1-3-22(11-9-18(25)28-2)13-17(23)19(26)16-10-12-24(20(16)22)21(27)29-14-15-7-5-4-6-8-15/h4-9,11,13,16,19-20,26H,3,10,12,14H2,1-2H3/t16-,19+,20-,22+/m0/s1. The number of ether oxygens (including phenoxy) is 2. The summed E-state index contributed by atoms with van der Waals surface area (Å²) >= 11 is 3.48. The van der Waals surface area contributed by atoms with Crippen molar-refractivity contribution >= 4 is 28.0 Å². The van der Waals surface area contributed by atoms with Crippen molar-refractivity contribution in [2.45, 2.75) is 38.5 Å². The highest BCUT2D eigenvalue weighted by molar-refractivity contribution is 9.11. The minimum atomic E-state index is -0.696. The maximum absolute atomic E-state index is 12.9. The number of aliphatic hydroxyl groups is 1. The fraction of sp³-hybridized carbons (Fsp3) is 0.455. The molecule has 6 nitrogen and oxygen atoms in total. The second-order valence-electron chi connectivity index (χ2n) is 7.43. The molecule has 1 heterocycles. The number of amides is 1. The van der Waals surface area contributed by atoms with Crippen molar-refractivity contribution in [3.63, 3.8) is 0 Å². The SMILES string of the molecule is CC[C@@]1(C=CC(=O)OC)C=C(Br)[C@H](O)[C@@H]2CCN(C(=O)OCc3ccccc3)[C@@H]21. The molecule has 0 spiro atoms. The number of esters is 1. The van der Waals surface area contributed by atoms with Gasteiger partial charge in [0, 0.05) is 28.4 Å². The molecule has 1 saturated heterocycles. The van der Waals surface area contributed by atoms with Crippen molar-refractivity contribution in [2.24, 2.45) is 11.3 Å². The number of aliphatic hydroxyl groups excluding tert-OH is 1. The molecule has 1 fully saturated rings. The summed E-state index contributed by atoms with van der Waals surface area (Å²) in [6, 6.07) is 9.20. The van der Waals surface area contributed by atoms with Crippen LogP contribution in [0.3, 0.4) is 0 Å². The van der Waals surface area contributed by atoms with E-state index in [1.165, 1.54) is 13.2 Å². The van der Waals surface area contributed by atoms with E-state index in [-0.39, 0.29) is 18.6 Å². The van der Waals surface area contributed by atoms with E-state index >= 15 is 0 Å². The number of hydrogen-bond donors (Lipinski definition) is 1. The van der Waals surface area contributed by atoms with Crippen LogP contribution in [0, 0.1) is 11.3 Å². The molecule has 1 aliphatic heterocycles. The van der Waals surface area contributed by atoms with Crippen LogP contribution in [0.4, 0.5) is 4.79 Å². The summed E-state index contributed by atoms with van der Waals surface area (Å²) in [6.07, 6.45) is 5.27. The number of rotatable bonds is 5. The van der Waals surface area contributed by atoms with Crippen LogP contribution >= 0.6 is 15.9 Å². The Balaban J connectivity index is 1.87. The molecular weight excluding hydrogens is 438 g/mol. The van der Waals surface area contributed by atoms with Gasteiger partial charge in [-0.3, -0.25) is 0 Å². The maximum Gasteiger partial charge on any atom is 0.410 e. The summed E-state index contributed by atoms with van der Waals surface area (Å²) in [7, 11) is 1.33. The third-order valence-electron chi connectivity index (χ3n) is 5.87. The zero-order chi connectivity index (χ0) is 21.0. The predicted octanol–water partition coefficient (Wildman–Crippen LogP) is 3.79. The number of nitrogens with zero attached hydrogens (tertiary/aromatic N) is 1. The fourth-order valence-corrected chi connectivity index (χ4v) is 5.11. The number of hydrogen-bond acceptors (Lipinski definition) is 5. The van der Waals surface area contributed by atoms with E-state index in [0.29, 0.717) is 23.9 Å². The molecule has 0 saturated carbocycles. The molecule has 1 aliphatic carbocycles. The van der Waals surface area contributed by atoms with Gasteiger partial charge in [-0.1, -0.05) is 65.3 Å². The molecule has 3 rings (SSSR count). The minimum absolute atomic E-state index is 0.152. The van der Waals surface area contributed by atoms with E-state index in [0.717, 1.165) is 5.56 Å². The number of carbonyl (C=O) groups is 2. The van der Waals surface area contributed by atoms with Crippen LogP contribution in [0.25, 0.3) is 0 Å². The molecule has 0 unspecified atom stereocenters. The van der Waals surface area contributed by atoms with Gasteiger partial charge in [0.25, 0.3) is 0 Å². The number of carbonyl (C=O) groups excluding carboxylic acids is 2. The largest absolute Gasteiger partial charge is 0.466 e. The molecule has 1 amide bonds. The molecular formula is C22H26BrNO5. The lowest BCUT2D eigenvalue weighted by molar-refractivity contribution is -0.134. The average Bonchev–Trinajstić information content (AvgIpc) is 3.20. The molecule has 2 aliphatic rings. The average molecular weight is 464 g/mol. The van der Waals surface area contributed by atoms with Gasteiger partial charge in [0.15, 0.2) is 0 Å². The molecule has 7 heteroatoms. The van der Waals surface area contributed by atoms with Crippen LogP contribution in [0.5, 0.6) is 0 Å². The van der Waals surface area contributed by atoms with Crippen LogP contribution in [0.2, 0.25) is 0 Å². The molecule has 1 aromatic rings. The van der Waals surface area contributed by atoms with Gasteiger partial charge in [-0.05, 0) is 18.4 Å². The van der Waals surface area contributed by atoms with Gasteiger partial charge in [0.1, 0.15) is 6.61 Å². The van der Waals surface area contributed by atoms with Crippen molar-refractivity contribution in [1.29, 1.82) is 0 Å². The first-order valence-electron chi connectivity index (χ1n) is 9.72. The molecule has 0 radical (unpaired) electrons. The molecule has 29 heavy (non-hydrogen) atoms. The van der Waals surface area contributed by atoms with Gasteiger partial charge in [0.05, 0.1) is 19.3 Å². The van der Waals surface area contributed by atoms with E-state index in [1.54, 1.807) is 11.0 Å². The lowest BCUT2D eigenvalue weighted by Crippen LogP contribution is -2.53. The van der Waals surface area contributed by atoms with Gasteiger partial charge in [-0.15, -0.1) is 0 Å². The lowest BCUT2D eigenvalue weighted by atomic mass is 9.67. The van der Waals surface area contributed by atoms with E-state index in [2.05, 4.69) is 15.9 Å². The predicted molar refractivity (Wildman–Crippen MR) is 112 cm³/mol. The Morgan fingerprint density at radius 1 is 1.34 bits per heavy atom. The Morgan fingerprint density at radius 3 is 2.72 bits per heavy atom. The number of fused-ring (bicyclic) bond motifs is 1. The fourth-order valence-electron chi connectivity index (χ4n) is 4.34. The Bertz CT molecular complexity index is 809. The Hall–Kier alpha value is -2.12. The Kier molecular flexibility index (Phi) is 6.80. The van der Waals surface area contributed by atoms with E-state index in [9.17, 15) is 14.7 Å². The van der Waals surface area contributed by atoms with Crippen molar-refractivity contribution in [3.8, 4) is 0 Å². The Labute approximate surface area is 179 Å². The number of halogens is 1.